The molecule has 1 rings (SSSR count). The number of carbonyl (C=O) groups excluding carboxylic acids is 1. The fourth-order valence-electron chi connectivity index (χ4n) is 1.58. The van der Waals surface area contributed by atoms with Crippen LogP contribution in [-0.2, 0) is 9.53 Å². The summed E-state index contributed by atoms with van der Waals surface area (Å²) in [5.41, 5.74) is 5.26. The number of nitriles is 1. The number of piperidine rings is 1. The van der Waals surface area contributed by atoms with E-state index >= 15 is 0 Å². The molecular formula is C9H15N3O2. The van der Waals surface area contributed by atoms with Crippen LogP contribution < -0.4 is 5.73 Å². The largest absolute Gasteiger partial charge is 0.361 e. The monoisotopic (exact) mass is 197 g/mol. The van der Waals surface area contributed by atoms with E-state index in [0.717, 1.165) is 19.4 Å². The number of likely N-dealkylation sites (tertiary alicyclic amines) is 1. The Morgan fingerprint density at radius 3 is 3.14 bits per heavy atom. The van der Waals surface area contributed by atoms with E-state index < -0.39 is 0 Å². The van der Waals surface area contributed by atoms with Gasteiger partial charge in [0, 0.05) is 13.1 Å². The average Bonchev–Trinajstić information content (AvgIpc) is 2.25. The Kier molecular flexibility index (Phi) is 4.36. The number of hydrogen-bond acceptors (Lipinski definition) is 4. The zero-order valence-corrected chi connectivity index (χ0v) is 8.11. The Morgan fingerprint density at radius 2 is 2.50 bits per heavy atom. The number of nitrogens with two attached hydrogens (primary N) is 1. The van der Waals surface area contributed by atoms with Crippen LogP contribution in [-0.4, -0.2) is 43.2 Å². The molecule has 2 N–H and O–H groups in total. The van der Waals surface area contributed by atoms with Crippen LogP contribution in [0.3, 0.4) is 0 Å². The van der Waals surface area contributed by atoms with Gasteiger partial charge in [-0.15, -0.1) is 0 Å². The Morgan fingerprint density at radius 1 is 1.71 bits per heavy atom. The lowest BCUT2D eigenvalue weighted by atomic mass is 10.1. The highest BCUT2D eigenvalue weighted by molar-refractivity contribution is 5.78. The highest BCUT2D eigenvalue weighted by Crippen LogP contribution is 2.12. The topological polar surface area (TPSA) is 79.3 Å². The molecule has 5 heteroatoms. The van der Waals surface area contributed by atoms with Crippen molar-refractivity contribution in [3.05, 3.63) is 0 Å². The van der Waals surface area contributed by atoms with Gasteiger partial charge in [-0.2, -0.15) is 5.26 Å². The molecule has 1 fully saturated rings. The number of amides is 1. The first-order valence-corrected chi connectivity index (χ1v) is 4.74. The van der Waals surface area contributed by atoms with E-state index in [1.807, 2.05) is 6.07 Å². The first-order chi connectivity index (χ1) is 6.77. The second kappa shape index (κ2) is 5.58. The maximum atomic E-state index is 11.3. The predicted molar refractivity (Wildman–Crippen MR) is 50.2 cm³/mol. The molecule has 1 unspecified atom stereocenters. The third-order valence-corrected chi connectivity index (χ3v) is 2.29. The van der Waals surface area contributed by atoms with Gasteiger partial charge in [0.05, 0.1) is 18.7 Å². The van der Waals surface area contributed by atoms with Gasteiger partial charge in [0.1, 0.15) is 6.61 Å². The maximum absolute atomic E-state index is 11.3. The molecule has 0 aromatic heterocycles. The van der Waals surface area contributed by atoms with E-state index in [1.165, 1.54) is 0 Å². The SMILES string of the molecule is N#CCOC1CCCN(C(=O)CN)C1. The fourth-order valence-corrected chi connectivity index (χ4v) is 1.58. The number of carbonyl (C=O) groups is 1. The summed E-state index contributed by atoms with van der Waals surface area (Å²) in [6, 6.07) is 1.92. The van der Waals surface area contributed by atoms with Crippen LogP contribution >= 0.6 is 0 Å². The van der Waals surface area contributed by atoms with E-state index in [0.29, 0.717) is 6.54 Å². The standard InChI is InChI=1S/C9H15N3O2/c10-3-5-14-8-2-1-4-12(7-8)9(13)6-11/h8H,1-2,4-7,11H2. The Hall–Kier alpha value is -1.12. The van der Waals surface area contributed by atoms with Gasteiger partial charge in [-0.1, -0.05) is 0 Å². The van der Waals surface area contributed by atoms with E-state index in [-0.39, 0.29) is 25.2 Å². The van der Waals surface area contributed by atoms with Crippen molar-refractivity contribution in [3.63, 3.8) is 0 Å². The van der Waals surface area contributed by atoms with Crippen LogP contribution in [0.4, 0.5) is 0 Å². The minimum absolute atomic E-state index is 0.00102. The molecule has 0 radical (unpaired) electrons. The zero-order valence-electron chi connectivity index (χ0n) is 8.11. The highest BCUT2D eigenvalue weighted by Gasteiger charge is 2.22. The molecule has 0 saturated carbocycles. The smallest absolute Gasteiger partial charge is 0.236 e. The molecule has 1 atom stereocenters. The van der Waals surface area contributed by atoms with Crippen molar-refractivity contribution < 1.29 is 9.53 Å². The lowest BCUT2D eigenvalue weighted by Crippen LogP contribution is -2.45. The second-order valence-corrected chi connectivity index (χ2v) is 3.28. The van der Waals surface area contributed by atoms with Crippen LogP contribution in [0.5, 0.6) is 0 Å². The summed E-state index contributed by atoms with van der Waals surface area (Å²) in [4.78, 5) is 13.0. The first kappa shape index (κ1) is 11.0. The van der Waals surface area contributed by atoms with Crippen LogP contribution in [0.25, 0.3) is 0 Å². The van der Waals surface area contributed by atoms with E-state index in [1.54, 1.807) is 4.90 Å². The predicted octanol–water partition coefficient (Wildman–Crippen LogP) is -0.524. The Labute approximate surface area is 83.4 Å². The van der Waals surface area contributed by atoms with Gasteiger partial charge >= 0.3 is 0 Å². The summed E-state index contributed by atoms with van der Waals surface area (Å²) in [5, 5.41) is 8.34. The number of rotatable bonds is 3. The zero-order chi connectivity index (χ0) is 10.4. The number of ether oxygens (including phenoxy) is 1. The van der Waals surface area contributed by atoms with Crippen molar-refractivity contribution in [3.8, 4) is 6.07 Å². The van der Waals surface area contributed by atoms with Crippen LogP contribution in [0, 0.1) is 11.3 Å². The summed E-state index contributed by atoms with van der Waals surface area (Å²) < 4.78 is 5.26. The normalized spacial score (nSPS) is 21.7. The fraction of sp³-hybridized carbons (Fsp3) is 0.778. The third-order valence-electron chi connectivity index (χ3n) is 2.29. The van der Waals surface area contributed by atoms with Crippen molar-refractivity contribution in [1.29, 1.82) is 5.26 Å². The molecule has 5 nitrogen and oxygen atoms in total. The average molecular weight is 197 g/mol. The number of hydrogen-bond donors (Lipinski definition) is 1. The third kappa shape index (κ3) is 2.98. The Bertz CT molecular complexity index is 237. The van der Waals surface area contributed by atoms with Crippen molar-refractivity contribution >= 4 is 5.91 Å². The summed E-state index contributed by atoms with van der Waals surface area (Å²) in [6.07, 6.45) is 1.83. The number of nitrogens with zero attached hydrogens (tertiary/aromatic N) is 2. The second-order valence-electron chi connectivity index (χ2n) is 3.28. The van der Waals surface area contributed by atoms with E-state index in [9.17, 15) is 4.79 Å². The summed E-state index contributed by atoms with van der Waals surface area (Å²) in [7, 11) is 0. The molecular weight excluding hydrogens is 182 g/mol. The van der Waals surface area contributed by atoms with Gasteiger partial charge < -0.3 is 15.4 Å². The molecule has 1 aliphatic rings. The Balaban J connectivity index is 2.36. The summed E-state index contributed by atoms with van der Waals surface area (Å²) >= 11 is 0. The molecule has 1 heterocycles. The molecule has 0 aromatic carbocycles. The first-order valence-electron chi connectivity index (χ1n) is 4.74. The van der Waals surface area contributed by atoms with E-state index in [4.69, 9.17) is 15.7 Å². The summed E-state index contributed by atoms with van der Waals surface area (Å²) in [5.74, 6) is -0.0461. The van der Waals surface area contributed by atoms with Crippen molar-refractivity contribution in [1.82, 2.24) is 4.90 Å². The molecule has 14 heavy (non-hydrogen) atoms. The molecule has 1 aliphatic heterocycles. The van der Waals surface area contributed by atoms with Crippen molar-refractivity contribution in [2.75, 3.05) is 26.2 Å². The highest BCUT2D eigenvalue weighted by atomic mass is 16.5. The molecule has 1 saturated heterocycles. The van der Waals surface area contributed by atoms with Gasteiger partial charge in [0.25, 0.3) is 0 Å². The van der Waals surface area contributed by atoms with Crippen LogP contribution in [0.2, 0.25) is 0 Å². The van der Waals surface area contributed by atoms with Gasteiger partial charge in [-0.25, -0.2) is 0 Å². The van der Waals surface area contributed by atoms with Crippen LogP contribution in [0.1, 0.15) is 12.8 Å². The molecule has 0 aromatic rings. The van der Waals surface area contributed by atoms with Crippen LogP contribution in [0.15, 0.2) is 0 Å². The van der Waals surface area contributed by atoms with Gasteiger partial charge in [0.2, 0.25) is 5.91 Å². The molecule has 0 spiro atoms. The maximum Gasteiger partial charge on any atom is 0.236 e. The lowest BCUT2D eigenvalue weighted by Gasteiger charge is -2.31. The minimum Gasteiger partial charge on any atom is -0.361 e. The van der Waals surface area contributed by atoms with Gasteiger partial charge in [0.15, 0.2) is 0 Å². The minimum atomic E-state index is -0.0461. The quantitative estimate of drug-likeness (QED) is 0.660. The molecule has 0 bridgehead atoms. The van der Waals surface area contributed by atoms with Gasteiger partial charge in [-0.3, -0.25) is 4.79 Å². The molecule has 0 aliphatic carbocycles. The van der Waals surface area contributed by atoms with Crippen molar-refractivity contribution in [2.45, 2.75) is 18.9 Å². The lowest BCUT2D eigenvalue weighted by molar-refractivity contribution is -0.133. The summed E-state index contributed by atoms with van der Waals surface area (Å²) in [6.45, 7) is 1.46. The van der Waals surface area contributed by atoms with E-state index in [2.05, 4.69) is 0 Å². The molecule has 1 amide bonds. The van der Waals surface area contributed by atoms with Crippen molar-refractivity contribution in [2.24, 2.45) is 5.73 Å². The van der Waals surface area contributed by atoms with Gasteiger partial charge in [-0.05, 0) is 12.8 Å². The molecule has 78 valence electrons.